The molecule has 0 saturated carbocycles. The van der Waals surface area contributed by atoms with Gasteiger partial charge in [-0.15, -0.1) is 0 Å². The average Bonchev–Trinajstić information content (AvgIpc) is 2.75. The van der Waals surface area contributed by atoms with E-state index in [0.29, 0.717) is 5.75 Å². The number of hydrogen-bond acceptors (Lipinski definition) is 7. The highest BCUT2D eigenvalue weighted by atomic mass is 35.5. The summed E-state index contributed by atoms with van der Waals surface area (Å²) in [6.45, 7) is 5.62. The molecule has 0 atom stereocenters. The first-order valence-corrected chi connectivity index (χ1v) is 11.5. The van der Waals surface area contributed by atoms with Crippen LogP contribution in [0, 0.1) is 0 Å². The van der Waals surface area contributed by atoms with Crippen LogP contribution in [0.3, 0.4) is 0 Å². The topological polar surface area (TPSA) is 111 Å². The average molecular weight is 478 g/mol. The second-order valence-electron chi connectivity index (χ2n) is 7.93. The summed E-state index contributed by atoms with van der Waals surface area (Å²) in [7, 11) is -2.51. The molecule has 0 aliphatic heterocycles. The van der Waals surface area contributed by atoms with Crippen molar-refractivity contribution in [3.8, 4) is 17.2 Å². The van der Waals surface area contributed by atoms with Gasteiger partial charge in [0.25, 0.3) is 10.0 Å². The Bertz CT molecular complexity index is 1210. The van der Waals surface area contributed by atoms with Gasteiger partial charge in [0.15, 0.2) is 11.6 Å². The van der Waals surface area contributed by atoms with E-state index in [1.54, 1.807) is 24.3 Å². The van der Waals surface area contributed by atoms with Crippen LogP contribution >= 0.6 is 11.6 Å². The molecule has 3 rings (SSSR count). The number of nitrogens with zero attached hydrogens (tertiary/aromatic N) is 2. The summed E-state index contributed by atoms with van der Waals surface area (Å²) < 4.78 is 39.4. The van der Waals surface area contributed by atoms with Gasteiger partial charge in [-0.25, -0.2) is 18.4 Å². The molecular formula is C22H24ClN3O5S. The third-order valence-electron chi connectivity index (χ3n) is 4.64. The summed E-state index contributed by atoms with van der Waals surface area (Å²) in [5, 5.41) is 9.96. The van der Waals surface area contributed by atoms with Crippen LogP contribution in [-0.2, 0) is 22.0 Å². The van der Waals surface area contributed by atoms with Crippen molar-refractivity contribution in [2.75, 3.05) is 11.8 Å². The minimum atomic E-state index is -4.00. The lowest BCUT2D eigenvalue weighted by atomic mass is 9.87. The van der Waals surface area contributed by atoms with E-state index >= 15 is 0 Å². The Hall–Kier alpha value is -2.88. The maximum Gasteiger partial charge on any atom is 0.263 e. The number of aromatic nitrogens is 2. The van der Waals surface area contributed by atoms with Crippen LogP contribution in [0.15, 0.2) is 53.7 Å². The molecule has 0 unspecified atom stereocenters. The highest BCUT2D eigenvalue weighted by Crippen LogP contribution is 2.37. The standard InChI is InChI=1S/C22H24ClN3O5S/c1-22(2,3)14-5-8-16(9-6-14)32(28,29)26-21-20(18(12-27)24-13-25-21)31-19-11-15(30-4)7-10-17(19)23/h5-11,13,27H,12H2,1-4H3,(H,24,25,26). The number of halogens is 1. The number of aliphatic hydroxyl groups excluding tert-OH is 1. The molecule has 2 N–H and O–H groups in total. The Morgan fingerprint density at radius 3 is 2.38 bits per heavy atom. The monoisotopic (exact) mass is 477 g/mol. The van der Waals surface area contributed by atoms with Crippen LogP contribution in [0.1, 0.15) is 32.0 Å². The van der Waals surface area contributed by atoms with E-state index in [2.05, 4.69) is 14.7 Å². The second kappa shape index (κ2) is 9.32. The van der Waals surface area contributed by atoms with Crippen molar-refractivity contribution in [1.82, 2.24) is 9.97 Å². The first kappa shape index (κ1) is 23.8. The molecule has 0 fully saturated rings. The quantitative estimate of drug-likeness (QED) is 0.514. The number of aliphatic hydroxyl groups is 1. The Kier molecular flexibility index (Phi) is 6.92. The highest BCUT2D eigenvalue weighted by molar-refractivity contribution is 7.92. The maximum absolute atomic E-state index is 13.0. The van der Waals surface area contributed by atoms with E-state index in [0.717, 1.165) is 11.9 Å². The summed E-state index contributed by atoms with van der Waals surface area (Å²) in [6.07, 6.45) is 1.13. The van der Waals surface area contributed by atoms with Gasteiger partial charge < -0.3 is 14.6 Å². The van der Waals surface area contributed by atoms with Crippen LogP contribution in [0.2, 0.25) is 5.02 Å². The van der Waals surface area contributed by atoms with Crippen LogP contribution < -0.4 is 14.2 Å². The normalized spacial score (nSPS) is 11.8. The molecular weight excluding hydrogens is 454 g/mol. The number of benzene rings is 2. The van der Waals surface area contributed by atoms with Gasteiger partial charge in [-0.05, 0) is 35.2 Å². The number of ether oxygens (including phenoxy) is 2. The molecule has 170 valence electrons. The van der Waals surface area contributed by atoms with Crippen molar-refractivity contribution in [1.29, 1.82) is 0 Å². The number of hydrogen-bond donors (Lipinski definition) is 2. The van der Waals surface area contributed by atoms with E-state index < -0.39 is 16.6 Å². The zero-order valence-corrected chi connectivity index (χ0v) is 19.7. The predicted octanol–water partition coefficient (Wildman–Crippen LogP) is 4.52. The minimum Gasteiger partial charge on any atom is -0.497 e. The van der Waals surface area contributed by atoms with Crippen LogP contribution in [0.4, 0.5) is 5.82 Å². The van der Waals surface area contributed by atoms with Crippen LogP contribution in [0.5, 0.6) is 17.2 Å². The zero-order valence-electron chi connectivity index (χ0n) is 18.1. The number of nitrogens with one attached hydrogen (secondary N) is 1. The van der Waals surface area contributed by atoms with Crippen LogP contribution in [0.25, 0.3) is 0 Å². The van der Waals surface area contributed by atoms with E-state index in [1.807, 2.05) is 20.8 Å². The van der Waals surface area contributed by atoms with Gasteiger partial charge >= 0.3 is 0 Å². The van der Waals surface area contributed by atoms with E-state index in [4.69, 9.17) is 21.1 Å². The lowest BCUT2D eigenvalue weighted by Crippen LogP contribution is -2.16. The molecule has 0 amide bonds. The number of methoxy groups -OCH3 is 1. The lowest BCUT2D eigenvalue weighted by Gasteiger charge is -2.19. The SMILES string of the molecule is COc1ccc(Cl)c(Oc2c(CO)ncnc2NS(=O)(=O)c2ccc(C(C)(C)C)cc2)c1. The van der Waals surface area contributed by atoms with Crippen molar-refractivity contribution in [3.63, 3.8) is 0 Å². The van der Waals surface area contributed by atoms with Gasteiger partial charge in [-0.3, -0.25) is 4.72 Å². The summed E-state index contributed by atoms with van der Waals surface area (Å²) >= 11 is 6.21. The van der Waals surface area contributed by atoms with Gasteiger partial charge in [0.05, 0.1) is 23.6 Å². The molecule has 1 heterocycles. The fourth-order valence-electron chi connectivity index (χ4n) is 2.82. The molecule has 0 saturated heterocycles. The largest absolute Gasteiger partial charge is 0.497 e. The van der Waals surface area contributed by atoms with Gasteiger partial charge in [0.2, 0.25) is 0 Å². The van der Waals surface area contributed by atoms with Crippen molar-refractivity contribution in [2.24, 2.45) is 0 Å². The molecule has 2 aromatic carbocycles. The predicted molar refractivity (Wildman–Crippen MR) is 122 cm³/mol. The van der Waals surface area contributed by atoms with Gasteiger partial charge in [0, 0.05) is 6.07 Å². The van der Waals surface area contributed by atoms with Crippen LogP contribution in [-0.4, -0.2) is 30.6 Å². The third-order valence-corrected chi connectivity index (χ3v) is 6.31. The van der Waals surface area contributed by atoms with Crippen molar-refractivity contribution in [3.05, 3.63) is 65.1 Å². The Morgan fingerprint density at radius 2 is 1.78 bits per heavy atom. The van der Waals surface area contributed by atoms with Crippen molar-refractivity contribution < 1.29 is 23.0 Å². The number of rotatable bonds is 7. The minimum absolute atomic E-state index is 0.0556. The Labute approximate surface area is 192 Å². The van der Waals surface area contributed by atoms with Gasteiger partial charge in [0.1, 0.15) is 23.5 Å². The molecule has 0 spiro atoms. The van der Waals surface area contributed by atoms with Gasteiger partial charge in [-0.2, -0.15) is 0 Å². The van der Waals surface area contributed by atoms with Gasteiger partial charge in [-0.1, -0.05) is 44.5 Å². The molecule has 10 heteroatoms. The first-order valence-electron chi connectivity index (χ1n) is 9.64. The molecule has 0 aliphatic carbocycles. The summed E-state index contributed by atoms with van der Waals surface area (Å²) in [5.74, 6) is 0.459. The summed E-state index contributed by atoms with van der Waals surface area (Å²) in [6, 6.07) is 11.3. The maximum atomic E-state index is 13.0. The highest BCUT2D eigenvalue weighted by Gasteiger charge is 2.23. The van der Waals surface area contributed by atoms with Crippen molar-refractivity contribution >= 4 is 27.4 Å². The number of anilines is 1. The lowest BCUT2D eigenvalue weighted by molar-refractivity contribution is 0.270. The molecule has 8 nitrogen and oxygen atoms in total. The summed E-state index contributed by atoms with van der Waals surface area (Å²) in [4.78, 5) is 8.04. The molecule has 3 aromatic rings. The Morgan fingerprint density at radius 1 is 1.09 bits per heavy atom. The smallest absolute Gasteiger partial charge is 0.263 e. The summed E-state index contributed by atoms with van der Waals surface area (Å²) in [5.41, 5.74) is 0.965. The molecule has 32 heavy (non-hydrogen) atoms. The Balaban J connectivity index is 1.98. The van der Waals surface area contributed by atoms with E-state index in [1.165, 1.54) is 25.3 Å². The van der Waals surface area contributed by atoms with E-state index in [-0.39, 0.29) is 38.3 Å². The molecule has 0 aliphatic rings. The molecule has 0 bridgehead atoms. The zero-order chi connectivity index (χ0) is 23.5. The third kappa shape index (κ3) is 5.29. The van der Waals surface area contributed by atoms with Crippen molar-refractivity contribution in [2.45, 2.75) is 37.7 Å². The van der Waals surface area contributed by atoms with E-state index in [9.17, 15) is 13.5 Å². The first-order chi connectivity index (χ1) is 15.0. The fraction of sp³-hybridized carbons (Fsp3) is 0.273. The molecule has 1 aromatic heterocycles. The second-order valence-corrected chi connectivity index (χ2v) is 10.0. The number of sulfonamides is 1. The fourth-order valence-corrected chi connectivity index (χ4v) is 3.99. The molecule has 0 radical (unpaired) electrons.